The van der Waals surface area contributed by atoms with Crippen LogP contribution in [0.3, 0.4) is 0 Å². The monoisotopic (exact) mass is 500 g/mol. The van der Waals surface area contributed by atoms with Crippen molar-refractivity contribution in [2.24, 2.45) is 0 Å². The topological polar surface area (TPSA) is 110 Å². The van der Waals surface area contributed by atoms with Gasteiger partial charge in [0.1, 0.15) is 28.8 Å². The number of ether oxygens (including phenoxy) is 1. The number of benzene rings is 2. The highest BCUT2D eigenvalue weighted by Gasteiger charge is 2.23. The van der Waals surface area contributed by atoms with Crippen LogP contribution in [0.25, 0.3) is 5.69 Å². The van der Waals surface area contributed by atoms with Gasteiger partial charge in [-0.05, 0) is 56.0 Å². The number of amides is 3. The van der Waals surface area contributed by atoms with Gasteiger partial charge in [-0.2, -0.15) is 5.10 Å². The average Bonchev–Trinajstić information content (AvgIpc) is 3.28. The fourth-order valence-electron chi connectivity index (χ4n) is 4.22. The van der Waals surface area contributed by atoms with E-state index < -0.39 is 11.8 Å². The Balaban J connectivity index is 1.32. The number of aromatic nitrogens is 3. The molecule has 0 atom stereocenters. The molecule has 2 heterocycles. The second kappa shape index (κ2) is 10.5. The maximum absolute atomic E-state index is 14.9. The summed E-state index contributed by atoms with van der Waals surface area (Å²) in [5, 5.41) is 12.7. The first-order valence-electron chi connectivity index (χ1n) is 11.9. The lowest BCUT2D eigenvalue weighted by molar-refractivity contribution is 0.0957. The number of hydrogen-bond acceptors (Lipinski definition) is 5. The lowest BCUT2D eigenvalue weighted by Crippen LogP contribution is -2.23. The number of halogens is 1. The summed E-state index contributed by atoms with van der Waals surface area (Å²) in [5.41, 5.74) is 2.96. The highest BCUT2D eigenvalue weighted by Crippen LogP contribution is 2.31. The molecule has 1 aliphatic carbocycles. The Labute approximate surface area is 212 Å². The number of urea groups is 1. The molecule has 0 saturated heterocycles. The average molecular weight is 501 g/mol. The Kier molecular flexibility index (Phi) is 6.80. The molecule has 0 fully saturated rings. The third-order valence-electron chi connectivity index (χ3n) is 6.01. The number of carbonyl (C=O) groups is 2. The van der Waals surface area contributed by atoms with Crippen molar-refractivity contribution < 1.29 is 18.7 Å². The van der Waals surface area contributed by atoms with Gasteiger partial charge in [0.2, 0.25) is 0 Å². The predicted octanol–water partition coefficient (Wildman–Crippen LogP) is 5.08. The summed E-state index contributed by atoms with van der Waals surface area (Å²) in [6, 6.07) is 16.1. The highest BCUT2D eigenvalue weighted by molar-refractivity contribution is 6.00. The Morgan fingerprint density at radius 1 is 0.973 bits per heavy atom. The van der Waals surface area contributed by atoms with Crippen LogP contribution in [0.1, 0.15) is 34.6 Å². The van der Waals surface area contributed by atoms with Crippen LogP contribution in [-0.4, -0.2) is 33.8 Å². The zero-order valence-corrected chi connectivity index (χ0v) is 20.1. The predicted molar refractivity (Wildman–Crippen MR) is 137 cm³/mol. The minimum absolute atomic E-state index is 0.00901. The van der Waals surface area contributed by atoms with Crippen molar-refractivity contribution in [2.75, 3.05) is 17.7 Å². The molecule has 0 saturated carbocycles. The molecular formula is C27H25FN6O3. The van der Waals surface area contributed by atoms with E-state index in [1.54, 1.807) is 10.7 Å². The molecule has 188 valence electrons. The second-order valence-electron chi connectivity index (χ2n) is 8.51. The summed E-state index contributed by atoms with van der Waals surface area (Å²) >= 11 is 0. The van der Waals surface area contributed by atoms with Gasteiger partial charge in [0.25, 0.3) is 5.91 Å². The van der Waals surface area contributed by atoms with Crippen LogP contribution in [0.2, 0.25) is 0 Å². The molecule has 1 aliphatic rings. The summed E-state index contributed by atoms with van der Waals surface area (Å²) in [6.07, 6.45) is 5.16. The van der Waals surface area contributed by atoms with Gasteiger partial charge < -0.3 is 15.4 Å². The summed E-state index contributed by atoms with van der Waals surface area (Å²) in [4.78, 5) is 28.6. The van der Waals surface area contributed by atoms with Gasteiger partial charge in [-0.1, -0.05) is 18.2 Å². The molecule has 2 aromatic carbocycles. The first kappa shape index (κ1) is 24.0. The van der Waals surface area contributed by atoms with E-state index in [0.29, 0.717) is 11.6 Å². The van der Waals surface area contributed by atoms with E-state index in [9.17, 15) is 14.0 Å². The van der Waals surface area contributed by atoms with E-state index >= 15 is 0 Å². The van der Waals surface area contributed by atoms with E-state index in [-0.39, 0.29) is 23.0 Å². The van der Waals surface area contributed by atoms with E-state index in [1.807, 2.05) is 30.3 Å². The molecule has 0 radical (unpaired) electrons. The third-order valence-corrected chi connectivity index (χ3v) is 6.01. The molecule has 2 aromatic heterocycles. The number of aryl methyl sites for hydroxylation is 1. The summed E-state index contributed by atoms with van der Waals surface area (Å²) < 4.78 is 22.2. The lowest BCUT2D eigenvalue weighted by Gasteiger charge is -2.14. The lowest BCUT2D eigenvalue weighted by atomic mass is 9.97. The fraction of sp³-hybridized carbons (Fsp3) is 0.185. The van der Waals surface area contributed by atoms with Crippen LogP contribution in [0.4, 0.5) is 20.7 Å². The molecule has 3 amide bonds. The number of nitrogens with one attached hydrogen (secondary N) is 3. The molecule has 0 spiro atoms. The number of pyridine rings is 1. The van der Waals surface area contributed by atoms with E-state index in [4.69, 9.17) is 9.84 Å². The standard InChI is InChI=1S/C27H25FN6O3/c1-29-26(35)24-16-19(13-14-30-24)37-18-11-12-23(21(28)15-18)31-27(36)32-25-20-9-5-6-10-22(20)33-34(25)17-7-3-2-4-8-17/h2-4,7-8,11-16H,5-6,9-10H2,1H3,(H,29,35)(H2,31,32,36). The molecule has 5 rings (SSSR count). The minimum Gasteiger partial charge on any atom is -0.457 e. The zero-order chi connectivity index (χ0) is 25.8. The van der Waals surface area contributed by atoms with Crippen molar-refractivity contribution in [3.63, 3.8) is 0 Å². The fourth-order valence-corrected chi connectivity index (χ4v) is 4.22. The molecule has 0 aliphatic heterocycles. The van der Waals surface area contributed by atoms with Gasteiger partial charge in [-0.25, -0.2) is 13.9 Å². The molecule has 9 nitrogen and oxygen atoms in total. The smallest absolute Gasteiger partial charge is 0.324 e. The summed E-state index contributed by atoms with van der Waals surface area (Å²) in [5.74, 6) is 0.0754. The van der Waals surface area contributed by atoms with Crippen molar-refractivity contribution in [2.45, 2.75) is 25.7 Å². The van der Waals surface area contributed by atoms with Gasteiger partial charge >= 0.3 is 6.03 Å². The Bertz CT molecular complexity index is 1450. The van der Waals surface area contributed by atoms with E-state index in [1.165, 1.54) is 31.4 Å². The number of carbonyl (C=O) groups excluding carboxylic acids is 2. The van der Waals surface area contributed by atoms with Crippen LogP contribution < -0.4 is 20.7 Å². The first-order chi connectivity index (χ1) is 18.0. The van der Waals surface area contributed by atoms with Crippen LogP contribution >= 0.6 is 0 Å². The van der Waals surface area contributed by atoms with Crippen molar-refractivity contribution in [1.29, 1.82) is 0 Å². The quantitative estimate of drug-likeness (QED) is 0.342. The number of para-hydroxylation sites is 1. The maximum Gasteiger partial charge on any atom is 0.324 e. The van der Waals surface area contributed by atoms with Gasteiger partial charge in [-0.3, -0.25) is 15.1 Å². The number of fused-ring (bicyclic) bond motifs is 1. The van der Waals surface area contributed by atoms with Gasteiger partial charge in [-0.15, -0.1) is 0 Å². The SMILES string of the molecule is CNC(=O)c1cc(Oc2ccc(NC(=O)Nc3c4c(nn3-c3ccccc3)CCCC4)c(F)c2)ccn1. The van der Waals surface area contributed by atoms with Crippen LogP contribution in [0.15, 0.2) is 66.9 Å². The van der Waals surface area contributed by atoms with Crippen molar-refractivity contribution in [3.8, 4) is 17.2 Å². The Morgan fingerprint density at radius 2 is 1.76 bits per heavy atom. The van der Waals surface area contributed by atoms with Crippen LogP contribution in [0.5, 0.6) is 11.5 Å². The number of hydrogen-bond donors (Lipinski definition) is 3. The van der Waals surface area contributed by atoms with Crippen LogP contribution in [0, 0.1) is 5.82 Å². The van der Waals surface area contributed by atoms with Crippen molar-refractivity contribution in [3.05, 3.63) is 89.6 Å². The minimum atomic E-state index is -0.674. The third kappa shape index (κ3) is 5.27. The maximum atomic E-state index is 14.9. The molecule has 0 bridgehead atoms. The molecule has 3 N–H and O–H groups in total. The van der Waals surface area contributed by atoms with E-state index in [2.05, 4.69) is 20.9 Å². The summed E-state index contributed by atoms with van der Waals surface area (Å²) in [6.45, 7) is 0. The molecule has 0 unspecified atom stereocenters. The summed E-state index contributed by atoms with van der Waals surface area (Å²) in [7, 11) is 1.50. The van der Waals surface area contributed by atoms with Gasteiger partial charge in [0, 0.05) is 30.9 Å². The van der Waals surface area contributed by atoms with Crippen LogP contribution in [-0.2, 0) is 12.8 Å². The molecule has 37 heavy (non-hydrogen) atoms. The van der Waals surface area contributed by atoms with Crippen molar-refractivity contribution >= 4 is 23.4 Å². The van der Waals surface area contributed by atoms with Crippen molar-refractivity contribution in [1.82, 2.24) is 20.1 Å². The van der Waals surface area contributed by atoms with Gasteiger partial charge in [0.05, 0.1) is 17.1 Å². The van der Waals surface area contributed by atoms with E-state index in [0.717, 1.165) is 48.7 Å². The normalized spacial score (nSPS) is 12.4. The Hall–Kier alpha value is -4.73. The Morgan fingerprint density at radius 3 is 2.54 bits per heavy atom. The first-order valence-corrected chi connectivity index (χ1v) is 11.9. The number of nitrogens with zero attached hydrogens (tertiary/aromatic N) is 3. The highest BCUT2D eigenvalue weighted by atomic mass is 19.1. The number of anilines is 2. The molecule has 10 heteroatoms. The molecular weight excluding hydrogens is 475 g/mol. The largest absolute Gasteiger partial charge is 0.457 e. The number of rotatable bonds is 6. The zero-order valence-electron chi connectivity index (χ0n) is 20.1. The molecule has 4 aromatic rings. The second-order valence-corrected chi connectivity index (χ2v) is 8.51. The van der Waals surface area contributed by atoms with Gasteiger partial charge in [0.15, 0.2) is 0 Å².